The van der Waals surface area contributed by atoms with Crippen LogP contribution >= 0.6 is 27.7 Å². The topological polar surface area (TPSA) is 108 Å². The predicted octanol–water partition coefficient (Wildman–Crippen LogP) is 3.19. The summed E-state index contributed by atoms with van der Waals surface area (Å²) < 4.78 is 4.44. The Labute approximate surface area is 235 Å². The van der Waals surface area contributed by atoms with E-state index in [0.717, 1.165) is 5.56 Å². The van der Waals surface area contributed by atoms with Crippen LogP contribution in [0.4, 0.5) is 5.69 Å². The molecule has 0 saturated carbocycles. The summed E-state index contributed by atoms with van der Waals surface area (Å²) in [6.45, 7) is 2.00. The van der Waals surface area contributed by atoms with Crippen molar-refractivity contribution in [2.45, 2.75) is 53.2 Å². The molecule has 3 fully saturated rings. The van der Waals surface area contributed by atoms with E-state index in [-0.39, 0.29) is 34.4 Å². The first-order chi connectivity index (χ1) is 18.3. The Morgan fingerprint density at radius 1 is 1.18 bits per heavy atom. The first-order valence-electron chi connectivity index (χ1n) is 12.9. The number of likely N-dealkylation sites (tertiary alicyclic amines) is 1. The zero-order valence-electron chi connectivity index (χ0n) is 21.3. The number of carbonyl (C=O) groups excluding carboxylic acids is 3. The molecule has 3 unspecified atom stereocenters. The molecule has 8 nitrogen and oxygen atoms in total. The highest BCUT2D eigenvalue weighted by Gasteiger charge is 2.76. The maximum atomic E-state index is 14.1. The monoisotopic (exact) mass is 601 g/mol. The second kappa shape index (κ2) is 10.9. The number of nitrogens with one attached hydrogen (secondary N) is 2. The van der Waals surface area contributed by atoms with Crippen LogP contribution in [-0.4, -0.2) is 68.4 Å². The van der Waals surface area contributed by atoms with Crippen molar-refractivity contribution < 1.29 is 24.2 Å². The number of benzene rings is 2. The molecule has 3 aliphatic rings. The molecule has 3 N–H and O–H groups in total. The molecule has 2 aromatic carbocycles. The SMILES string of the molecule is CC[C@@H](CO)N1C(=O)[C@@H]2[C@H](C(=O)NCc3ccccc3)[C@H]3SC2(CC3Br)C1C(=O)Nc1ccc(OC)cc1. The highest BCUT2D eigenvalue weighted by Crippen LogP contribution is 2.68. The summed E-state index contributed by atoms with van der Waals surface area (Å²) >= 11 is 5.36. The van der Waals surface area contributed by atoms with Gasteiger partial charge in [-0.1, -0.05) is 53.2 Å². The number of ether oxygens (including phenoxy) is 1. The normalized spacial score (nSPS) is 30.2. The van der Waals surface area contributed by atoms with Gasteiger partial charge in [0.15, 0.2) is 0 Å². The van der Waals surface area contributed by atoms with Gasteiger partial charge in [0.1, 0.15) is 11.8 Å². The average molecular weight is 603 g/mol. The van der Waals surface area contributed by atoms with Crippen LogP contribution in [0.25, 0.3) is 0 Å². The summed E-state index contributed by atoms with van der Waals surface area (Å²) in [6.07, 6.45) is 1.08. The third kappa shape index (κ3) is 4.50. The maximum Gasteiger partial charge on any atom is 0.248 e. The molecule has 3 heterocycles. The van der Waals surface area contributed by atoms with Crippen molar-refractivity contribution in [3.8, 4) is 5.75 Å². The second-order valence-corrected chi connectivity index (χ2v) is 12.8. The van der Waals surface area contributed by atoms with E-state index in [1.807, 2.05) is 37.3 Å². The van der Waals surface area contributed by atoms with Crippen LogP contribution in [0.1, 0.15) is 25.3 Å². The largest absolute Gasteiger partial charge is 0.497 e. The number of thioether (sulfide) groups is 1. The van der Waals surface area contributed by atoms with E-state index in [0.29, 0.717) is 30.8 Å². The van der Waals surface area contributed by atoms with Gasteiger partial charge in [0, 0.05) is 22.3 Å². The molecule has 2 bridgehead atoms. The number of anilines is 1. The van der Waals surface area contributed by atoms with E-state index in [4.69, 9.17) is 4.74 Å². The zero-order valence-corrected chi connectivity index (χ0v) is 23.7. The van der Waals surface area contributed by atoms with Crippen LogP contribution in [0.5, 0.6) is 5.75 Å². The Morgan fingerprint density at radius 3 is 2.53 bits per heavy atom. The summed E-state index contributed by atoms with van der Waals surface area (Å²) in [5.74, 6) is -1.27. The number of methoxy groups -OCH3 is 1. The average Bonchev–Trinajstić information content (AvgIpc) is 3.52. The number of alkyl halides is 1. The Balaban J connectivity index is 1.46. The van der Waals surface area contributed by atoms with Gasteiger partial charge in [-0.25, -0.2) is 0 Å². The molecule has 38 heavy (non-hydrogen) atoms. The number of rotatable bonds is 9. The minimum atomic E-state index is -0.818. The summed E-state index contributed by atoms with van der Waals surface area (Å²) in [4.78, 5) is 43.2. The van der Waals surface area contributed by atoms with Crippen LogP contribution in [-0.2, 0) is 20.9 Å². The van der Waals surface area contributed by atoms with Gasteiger partial charge in [-0.05, 0) is 42.7 Å². The number of fused-ring (bicyclic) bond motifs is 1. The first-order valence-corrected chi connectivity index (χ1v) is 14.7. The van der Waals surface area contributed by atoms with E-state index in [1.165, 1.54) is 0 Å². The molecule has 7 atom stereocenters. The van der Waals surface area contributed by atoms with Crippen molar-refractivity contribution in [2.24, 2.45) is 11.8 Å². The molecule has 0 aliphatic carbocycles. The van der Waals surface area contributed by atoms with Crippen molar-refractivity contribution in [3.05, 3.63) is 60.2 Å². The minimum Gasteiger partial charge on any atom is -0.497 e. The summed E-state index contributed by atoms with van der Waals surface area (Å²) in [5.41, 5.74) is 1.56. The molecular formula is C28H32BrN3O5S. The fourth-order valence-corrected chi connectivity index (χ4v) is 9.86. The number of hydrogen-bond donors (Lipinski definition) is 3. The Morgan fingerprint density at radius 2 is 1.89 bits per heavy atom. The highest BCUT2D eigenvalue weighted by atomic mass is 79.9. The van der Waals surface area contributed by atoms with Gasteiger partial charge >= 0.3 is 0 Å². The molecule has 3 saturated heterocycles. The molecule has 3 aliphatic heterocycles. The molecule has 5 rings (SSSR count). The van der Waals surface area contributed by atoms with Crippen molar-refractivity contribution in [3.63, 3.8) is 0 Å². The fraction of sp³-hybridized carbons (Fsp3) is 0.464. The Bertz CT molecular complexity index is 1190. The highest BCUT2D eigenvalue weighted by molar-refractivity contribution is 9.09. The van der Waals surface area contributed by atoms with E-state index >= 15 is 0 Å². The Kier molecular flexibility index (Phi) is 7.75. The fourth-order valence-electron chi connectivity index (χ4n) is 6.26. The molecule has 2 aromatic rings. The van der Waals surface area contributed by atoms with Gasteiger partial charge < -0.3 is 25.4 Å². The number of carbonyl (C=O) groups is 3. The van der Waals surface area contributed by atoms with Crippen LogP contribution < -0.4 is 15.4 Å². The van der Waals surface area contributed by atoms with Crippen LogP contribution in [0.2, 0.25) is 0 Å². The van der Waals surface area contributed by atoms with Crippen LogP contribution in [0.3, 0.4) is 0 Å². The number of amides is 3. The lowest BCUT2D eigenvalue weighted by Gasteiger charge is -2.37. The number of aliphatic hydroxyl groups is 1. The minimum absolute atomic E-state index is 0.0190. The molecular weight excluding hydrogens is 570 g/mol. The van der Waals surface area contributed by atoms with E-state index < -0.39 is 28.7 Å². The molecule has 10 heteroatoms. The van der Waals surface area contributed by atoms with Crippen LogP contribution in [0, 0.1) is 11.8 Å². The van der Waals surface area contributed by atoms with Gasteiger partial charge in [0.2, 0.25) is 17.7 Å². The van der Waals surface area contributed by atoms with Crippen molar-refractivity contribution in [1.82, 2.24) is 10.2 Å². The number of hydrogen-bond acceptors (Lipinski definition) is 6. The number of aliphatic hydroxyl groups excluding tert-OH is 1. The predicted molar refractivity (Wildman–Crippen MR) is 150 cm³/mol. The lowest BCUT2D eigenvalue weighted by Crippen LogP contribution is -2.55. The summed E-state index contributed by atoms with van der Waals surface area (Å²) in [5, 5.41) is 16.1. The molecule has 202 valence electrons. The van der Waals surface area contributed by atoms with Gasteiger partial charge in [-0.3, -0.25) is 14.4 Å². The van der Waals surface area contributed by atoms with Gasteiger partial charge in [0.25, 0.3) is 0 Å². The van der Waals surface area contributed by atoms with Gasteiger partial charge in [-0.15, -0.1) is 11.8 Å². The maximum absolute atomic E-state index is 14.1. The molecule has 1 spiro atoms. The summed E-state index contributed by atoms with van der Waals surface area (Å²) in [7, 11) is 1.58. The van der Waals surface area contributed by atoms with Crippen molar-refractivity contribution >= 4 is 51.1 Å². The second-order valence-electron chi connectivity index (χ2n) is 10.1. The molecule has 0 radical (unpaired) electrons. The smallest absolute Gasteiger partial charge is 0.248 e. The standard InChI is InChI=1S/C28H32BrN3O5S/c1-3-18(15-33)32-24(26(35)31-17-9-11-19(37-2)12-10-17)28-13-20(29)23(38-28)21(22(28)27(32)36)25(34)30-14-16-7-5-4-6-8-16/h4-12,18,20-24,33H,3,13-15H2,1-2H3,(H,30,34)(H,31,35)/t18-,20?,21-,22-,23-,24?,28?/m0/s1. The van der Waals surface area contributed by atoms with Crippen molar-refractivity contribution in [2.75, 3.05) is 19.0 Å². The van der Waals surface area contributed by atoms with Gasteiger partial charge in [0.05, 0.1) is 36.3 Å². The van der Waals surface area contributed by atoms with E-state index in [2.05, 4.69) is 26.6 Å². The molecule has 3 amide bonds. The van der Waals surface area contributed by atoms with Crippen LogP contribution in [0.15, 0.2) is 54.6 Å². The summed E-state index contributed by atoms with van der Waals surface area (Å²) in [6, 6.07) is 15.3. The Hall–Kier alpha value is -2.56. The van der Waals surface area contributed by atoms with Gasteiger partial charge in [-0.2, -0.15) is 0 Å². The quantitative estimate of drug-likeness (QED) is 0.381. The third-order valence-corrected chi connectivity index (χ3v) is 11.2. The number of halogens is 1. The first kappa shape index (κ1) is 27.0. The number of nitrogens with zero attached hydrogens (tertiary/aromatic N) is 1. The van der Waals surface area contributed by atoms with E-state index in [9.17, 15) is 19.5 Å². The lowest BCUT2D eigenvalue weighted by atomic mass is 9.70. The van der Waals surface area contributed by atoms with E-state index in [1.54, 1.807) is 48.0 Å². The third-order valence-electron chi connectivity index (χ3n) is 8.02. The molecule has 0 aromatic heterocycles. The van der Waals surface area contributed by atoms with Crippen molar-refractivity contribution in [1.29, 1.82) is 0 Å². The lowest BCUT2D eigenvalue weighted by molar-refractivity contribution is -0.142. The zero-order chi connectivity index (χ0) is 27.0.